The molecule has 2 N–H and O–H groups in total. The number of β-amino-alcohol motifs (C(OH)–C–C–N with tert-alkyl or cyclic N) is 1. The van der Waals surface area contributed by atoms with E-state index in [2.05, 4.69) is 41.4 Å². The van der Waals surface area contributed by atoms with Gasteiger partial charge < -0.3 is 10.4 Å². The number of aliphatic hydroxyl groups excluding tert-OH is 1. The molecule has 0 bridgehead atoms. The van der Waals surface area contributed by atoms with Gasteiger partial charge in [0.1, 0.15) is 0 Å². The van der Waals surface area contributed by atoms with E-state index in [1.54, 1.807) is 5.57 Å². The van der Waals surface area contributed by atoms with Crippen molar-refractivity contribution in [3.05, 3.63) is 35.5 Å². The Morgan fingerprint density at radius 1 is 1.38 bits per heavy atom. The van der Waals surface area contributed by atoms with Crippen LogP contribution in [0.1, 0.15) is 45.4 Å². The molecule has 3 fully saturated rings. The zero-order valence-corrected chi connectivity index (χ0v) is 15.0. The van der Waals surface area contributed by atoms with Gasteiger partial charge in [0.25, 0.3) is 0 Å². The van der Waals surface area contributed by atoms with Crippen LogP contribution < -0.4 is 5.32 Å². The van der Waals surface area contributed by atoms with Gasteiger partial charge in [0.15, 0.2) is 0 Å². The van der Waals surface area contributed by atoms with Crippen LogP contribution in [0.3, 0.4) is 0 Å². The Kier molecular flexibility index (Phi) is 4.68. The van der Waals surface area contributed by atoms with Crippen molar-refractivity contribution >= 4 is 0 Å². The predicted molar refractivity (Wildman–Crippen MR) is 98.8 cm³/mol. The molecule has 1 unspecified atom stereocenters. The van der Waals surface area contributed by atoms with Gasteiger partial charge in [0.2, 0.25) is 0 Å². The fraction of sp³-hybridized carbons (Fsp3) is 0.714. The van der Waals surface area contributed by atoms with Gasteiger partial charge in [-0.1, -0.05) is 36.8 Å². The maximum Gasteiger partial charge on any atom is 0.0558 e. The Hall–Kier alpha value is -0.900. The molecule has 1 saturated heterocycles. The monoisotopic (exact) mass is 328 g/mol. The normalized spacial score (nSPS) is 32.4. The highest BCUT2D eigenvalue weighted by Crippen LogP contribution is 2.50. The van der Waals surface area contributed by atoms with Crippen LogP contribution in [0.15, 0.2) is 35.5 Å². The second-order valence-electron chi connectivity index (χ2n) is 8.41. The van der Waals surface area contributed by atoms with E-state index in [1.165, 1.54) is 57.2 Å². The quantitative estimate of drug-likeness (QED) is 0.754. The summed E-state index contributed by atoms with van der Waals surface area (Å²) in [6.45, 7) is 5.89. The number of nitrogens with one attached hydrogen (secondary N) is 1. The average molecular weight is 329 g/mol. The summed E-state index contributed by atoms with van der Waals surface area (Å²) in [7, 11) is 0. The number of hydrogen-bond donors (Lipinski definition) is 2. The molecule has 1 aliphatic heterocycles. The van der Waals surface area contributed by atoms with Crippen LogP contribution in [-0.4, -0.2) is 48.3 Å². The number of hydrogen-bond acceptors (Lipinski definition) is 3. The Labute approximate surface area is 146 Å². The smallest absolute Gasteiger partial charge is 0.0558 e. The number of rotatable bonds is 7. The second-order valence-corrected chi connectivity index (χ2v) is 8.41. The van der Waals surface area contributed by atoms with E-state index >= 15 is 0 Å². The molecule has 2 saturated carbocycles. The van der Waals surface area contributed by atoms with Crippen molar-refractivity contribution in [3.63, 3.8) is 0 Å². The Balaban J connectivity index is 1.22. The lowest BCUT2D eigenvalue weighted by molar-refractivity contribution is -0.0832. The van der Waals surface area contributed by atoms with E-state index in [0.717, 1.165) is 24.5 Å². The first kappa shape index (κ1) is 16.6. The van der Waals surface area contributed by atoms with Crippen LogP contribution >= 0.6 is 0 Å². The highest BCUT2D eigenvalue weighted by atomic mass is 16.3. The van der Waals surface area contributed by atoms with Crippen LogP contribution in [0.4, 0.5) is 0 Å². The van der Waals surface area contributed by atoms with Crippen molar-refractivity contribution in [2.45, 2.75) is 57.5 Å². The van der Waals surface area contributed by atoms with Gasteiger partial charge in [-0.2, -0.15) is 0 Å². The Bertz CT molecular complexity index is 548. The van der Waals surface area contributed by atoms with E-state index in [4.69, 9.17) is 5.11 Å². The molecular weight excluding hydrogens is 296 g/mol. The van der Waals surface area contributed by atoms with Gasteiger partial charge in [0.05, 0.1) is 6.61 Å². The number of aliphatic hydroxyl groups is 1. The highest BCUT2D eigenvalue weighted by Gasteiger charge is 2.53. The van der Waals surface area contributed by atoms with E-state index in [0.29, 0.717) is 12.0 Å². The third-order valence-electron chi connectivity index (χ3n) is 6.39. The molecule has 132 valence electrons. The van der Waals surface area contributed by atoms with Crippen molar-refractivity contribution in [1.29, 1.82) is 0 Å². The summed E-state index contributed by atoms with van der Waals surface area (Å²) in [6.07, 6.45) is 17.0. The van der Waals surface area contributed by atoms with Gasteiger partial charge in [-0.25, -0.2) is 0 Å². The lowest BCUT2D eigenvalue weighted by atomic mass is 9.60. The summed E-state index contributed by atoms with van der Waals surface area (Å²) in [5, 5.41) is 12.9. The summed E-state index contributed by atoms with van der Waals surface area (Å²) in [5.41, 5.74) is 3.65. The SMILES string of the molecule is CC/C(=C\C1=CCCC=C1)C1C[C@H]1NC1CC2(C1)CN(CCO)C2. The summed E-state index contributed by atoms with van der Waals surface area (Å²) in [5.74, 6) is 0.773. The van der Waals surface area contributed by atoms with Gasteiger partial charge in [0, 0.05) is 31.7 Å². The third-order valence-corrected chi connectivity index (χ3v) is 6.39. The lowest BCUT2D eigenvalue weighted by Gasteiger charge is -2.59. The minimum atomic E-state index is 0.305. The number of allylic oxidation sites excluding steroid dienone is 5. The maximum atomic E-state index is 9.00. The summed E-state index contributed by atoms with van der Waals surface area (Å²) in [4.78, 5) is 2.39. The minimum Gasteiger partial charge on any atom is -0.395 e. The zero-order valence-electron chi connectivity index (χ0n) is 15.0. The van der Waals surface area contributed by atoms with Gasteiger partial charge in [-0.3, -0.25) is 4.90 Å². The first-order valence-electron chi connectivity index (χ1n) is 9.88. The van der Waals surface area contributed by atoms with Gasteiger partial charge in [-0.05, 0) is 55.4 Å². The maximum absolute atomic E-state index is 9.00. The molecule has 3 nitrogen and oxygen atoms in total. The molecular formula is C21H32N2O. The fourth-order valence-electron chi connectivity index (χ4n) is 5.08. The molecule has 24 heavy (non-hydrogen) atoms. The largest absolute Gasteiger partial charge is 0.395 e. The van der Waals surface area contributed by atoms with Crippen LogP contribution in [0, 0.1) is 11.3 Å². The number of likely N-dealkylation sites (tertiary alicyclic amines) is 1. The summed E-state index contributed by atoms with van der Waals surface area (Å²) in [6, 6.07) is 1.46. The van der Waals surface area contributed by atoms with Crippen molar-refractivity contribution < 1.29 is 5.11 Å². The van der Waals surface area contributed by atoms with Crippen LogP contribution in [-0.2, 0) is 0 Å². The van der Waals surface area contributed by atoms with E-state index in [1.807, 2.05) is 0 Å². The van der Waals surface area contributed by atoms with Crippen molar-refractivity contribution in [2.24, 2.45) is 11.3 Å². The molecule has 4 aliphatic rings. The molecule has 4 rings (SSSR count). The van der Waals surface area contributed by atoms with Gasteiger partial charge in [-0.15, -0.1) is 0 Å². The standard InChI is InChI=1S/C21H32N2O/c1-2-17(10-16-6-4-3-5-7-16)19-11-20(19)22-18-12-21(13-18)14-23(15-21)8-9-24/h4,6-7,10,18-20,22,24H,2-3,5,8-9,11-15H2,1H3/b17-10+/t19?,20-/m1/s1. The first-order valence-corrected chi connectivity index (χ1v) is 9.88. The second kappa shape index (κ2) is 6.78. The molecule has 2 atom stereocenters. The van der Waals surface area contributed by atoms with Crippen LogP contribution in [0.5, 0.6) is 0 Å². The summed E-state index contributed by atoms with van der Waals surface area (Å²) >= 11 is 0. The summed E-state index contributed by atoms with van der Waals surface area (Å²) < 4.78 is 0. The molecule has 0 aromatic heterocycles. The van der Waals surface area contributed by atoms with E-state index < -0.39 is 0 Å². The predicted octanol–water partition coefficient (Wildman–Crippen LogP) is 3.03. The molecule has 1 heterocycles. The zero-order chi connectivity index (χ0) is 16.6. The van der Waals surface area contributed by atoms with Crippen LogP contribution in [0.25, 0.3) is 0 Å². The molecule has 3 heteroatoms. The highest BCUT2D eigenvalue weighted by molar-refractivity contribution is 5.37. The van der Waals surface area contributed by atoms with Crippen molar-refractivity contribution in [3.8, 4) is 0 Å². The first-order chi connectivity index (χ1) is 11.7. The molecule has 3 aliphatic carbocycles. The molecule has 1 spiro atoms. The fourth-order valence-corrected chi connectivity index (χ4v) is 5.08. The van der Waals surface area contributed by atoms with Crippen molar-refractivity contribution in [1.82, 2.24) is 10.2 Å². The molecule has 0 aromatic rings. The topological polar surface area (TPSA) is 35.5 Å². The van der Waals surface area contributed by atoms with Crippen molar-refractivity contribution in [2.75, 3.05) is 26.2 Å². The molecule has 0 radical (unpaired) electrons. The van der Waals surface area contributed by atoms with E-state index in [9.17, 15) is 0 Å². The van der Waals surface area contributed by atoms with Crippen LogP contribution in [0.2, 0.25) is 0 Å². The lowest BCUT2D eigenvalue weighted by Crippen LogP contribution is -2.66. The third kappa shape index (κ3) is 3.40. The Morgan fingerprint density at radius 3 is 2.88 bits per heavy atom. The molecule has 0 aromatic carbocycles. The average Bonchev–Trinajstić information content (AvgIpc) is 3.28. The Morgan fingerprint density at radius 2 is 2.21 bits per heavy atom. The number of nitrogens with zero attached hydrogens (tertiary/aromatic N) is 1. The van der Waals surface area contributed by atoms with Gasteiger partial charge >= 0.3 is 0 Å². The van der Waals surface area contributed by atoms with E-state index in [-0.39, 0.29) is 0 Å². The minimum absolute atomic E-state index is 0.305. The molecule has 0 amide bonds.